The highest BCUT2D eigenvalue weighted by Gasteiger charge is 2.29. The fraction of sp³-hybridized carbons (Fsp3) is 0.667. The highest BCUT2D eigenvalue weighted by Crippen LogP contribution is 2.40. The van der Waals surface area contributed by atoms with Gasteiger partial charge in [0.1, 0.15) is 11.6 Å². The van der Waals surface area contributed by atoms with E-state index in [0.29, 0.717) is 5.92 Å². The van der Waals surface area contributed by atoms with E-state index in [1.165, 1.54) is 18.7 Å². The van der Waals surface area contributed by atoms with Crippen molar-refractivity contribution >= 4 is 5.82 Å². The summed E-state index contributed by atoms with van der Waals surface area (Å²) >= 11 is 0. The molecule has 66 valence electrons. The first-order valence-electron chi connectivity index (χ1n) is 4.55. The maximum absolute atomic E-state index is 5.88. The molecule has 0 aliphatic heterocycles. The van der Waals surface area contributed by atoms with Crippen LogP contribution in [-0.2, 0) is 13.5 Å². The summed E-state index contributed by atoms with van der Waals surface area (Å²) in [7, 11) is 2.01. The maximum Gasteiger partial charge on any atom is 0.126 e. The van der Waals surface area contributed by atoms with E-state index in [2.05, 4.69) is 11.9 Å². The van der Waals surface area contributed by atoms with Crippen molar-refractivity contribution < 1.29 is 0 Å². The van der Waals surface area contributed by atoms with Gasteiger partial charge >= 0.3 is 0 Å². The molecule has 0 unspecified atom stereocenters. The van der Waals surface area contributed by atoms with E-state index in [1.54, 1.807) is 0 Å². The lowest BCUT2D eigenvalue weighted by Crippen LogP contribution is -2.00. The van der Waals surface area contributed by atoms with E-state index in [4.69, 9.17) is 5.73 Å². The molecule has 1 fully saturated rings. The predicted octanol–water partition coefficient (Wildman–Crippen LogP) is 1.44. The summed E-state index contributed by atoms with van der Waals surface area (Å²) in [6.45, 7) is 2.09. The molecule has 0 saturated heterocycles. The molecular weight excluding hydrogens is 150 g/mol. The zero-order valence-corrected chi connectivity index (χ0v) is 7.67. The van der Waals surface area contributed by atoms with Crippen molar-refractivity contribution in [3.05, 3.63) is 11.5 Å². The third-order valence-corrected chi connectivity index (χ3v) is 2.53. The number of imidazole rings is 1. The molecule has 0 bridgehead atoms. The van der Waals surface area contributed by atoms with Gasteiger partial charge in [0.2, 0.25) is 0 Å². The van der Waals surface area contributed by atoms with Crippen molar-refractivity contribution in [2.24, 2.45) is 7.05 Å². The lowest BCUT2D eigenvalue weighted by atomic mass is 10.3. The second kappa shape index (κ2) is 2.51. The van der Waals surface area contributed by atoms with Crippen LogP contribution in [0.3, 0.4) is 0 Å². The van der Waals surface area contributed by atoms with Crippen LogP contribution in [0.4, 0.5) is 5.82 Å². The first-order valence-corrected chi connectivity index (χ1v) is 4.55. The molecule has 2 rings (SSSR count). The van der Waals surface area contributed by atoms with Crippen LogP contribution in [0.5, 0.6) is 0 Å². The van der Waals surface area contributed by atoms with E-state index in [1.807, 2.05) is 11.6 Å². The Morgan fingerprint density at radius 3 is 2.67 bits per heavy atom. The lowest BCUT2D eigenvalue weighted by Gasteiger charge is -1.99. The largest absolute Gasteiger partial charge is 0.384 e. The number of anilines is 1. The Balaban J connectivity index is 2.41. The van der Waals surface area contributed by atoms with Gasteiger partial charge < -0.3 is 10.3 Å². The molecule has 3 nitrogen and oxygen atoms in total. The fourth-order valence-electron chi connectivity index (χ4n) is 1.55. The van der Waals surface area contributed by atoms with Crippen LogP contribution in [0.25, 0.3) is 0 Å². The summed E-state index contributed by atoms with van der Waals surface area (Å²) in [6, 6.07) is 0. The number of nitrogens with zero attached hydrogens (tertiary/aromatic N) is 2. The quantitative estimate of drug-likeness (QED) is 0.720. The zero-order valence-electron chi connectivity index (χ0n) is 7.67. The zero-order chi connectivity index (χ0) is 8.72. The third-order valence-electron chi connectivity index (χ3n) is 2.53. The molecule has 1 heterocycles. The SMILES string of the molecule is CCc1nc(C2CC2)n(C)c1N. The molecule has 0 atom stereocenters. The molecule has 3 heteroatoms. The summed E-state index contributed by atoms with van der Waals surface area (Å²) in [5.41, 5.74) is 6.93. The van der Waals surface area contributed by atoms with Crippen LogP contribution in [0.15, 0.2) is 0 Å². The third kappa shape index (κ3) is 1.00. The standard InChI is InChI=1S/C9H15N3/c1-3-7-8(10)12(2)9(11-7)6-4-5-6/h6H,3-5,10H2,1-2H3. The molecule has 0 spiro atoms. The molecule has 0 aromatic carbocycles. The number of aryl methyl sites for hydroxylation is 1. The molecule has 1 aromatic heterocycles. The van der Waals surface area contributed by atoms with E-state index in [-0.39, 0.29) is 0 Å². The molecular formula is C9H15N3. The van der Waals surface area contributed by atoms with Gasteiger partial charge in [-0.3, -0.25) is 0 Å². The van der Waals surface area contributed by atoms with Gasteiger partial charge in [-0.05, 0) is 19.3 Å². The topological polar surface area (TPSA) is 43.8 Å². The van der Waals surface area contributed by atoms with Crippen LogP contribution in [0.1, 0.15) is 37.2 Å². The first-order chi connectivity index (χ1) is 5.74. The van der Waals surface area contributed by atoms with Gasteiger partial charge in [-0.25, -0.2) is 4.98 Å². The number of rotatable bonds is 2. The van der Waals surface area contributed by atoms with Crippen molar-refractivity contribution in [3.63, 3.8) is 0 Å². The van der Waals surface area contributed by atoms with Crippen LogP contribution in [0.2, 0.25) is 0 Å². The van der Waals surface area contributed by atoms with E-state index in [9.17, 15) is 0 Å². The number of hydrogen-bond donors (Lipinski definition) is 1. The van der Waals surface area contributed by atoms with Crippen molar-refractivity contribution in [2.45, 2.75) is 32.1 Å². The Hall–Kier alpha value is -0.990. The molecule has 1 aliphatic carbocycles. The molecule has 1 aliphatic rings. The molecule has 0 radical (unpaired) electrons. The van der Waals surface area contributed by atoms with Gasteiger partial charge in [0, 0.05) is 13.0 Å². The molecule has 2 N–H and O–H groups in total. The molecule has 0 amide bonds. The summed E-state index contributed by atoms with van der Waals surface area (Å²) in [6.07, 6.45) is 3.51. The van der Waals surface area contributed by atoms with Gasteiger partial charge in [0.15, 0.2) is 0 Å². The summed E-state index contributed by atoms with van der Waals surface area (Å²) in [5.74, 6) is 2.72. The van der Waals surface area contributed by atoms with Gasteiger partial charge in [-0.2, -0.15) is 0 Å². The van der Waals surface area contributed by atoms with Crippen molar-refractivity contribution in [1.29, 1.82) is 0 Å². The minimum absolute atomic E-state index is 0.692. The minimum Gasteiger partial charge on any atom is -0.384 e. The van der Waals surface area contributed by atoms with Gasteiger partial charge in [-0.15, -0.1) is 0 Å². The maximum atomic E-state index is 5.88. The number of nitrogen functional groups attached to an aromatic ring is 1. The Kier molecular flexibility index (Phi) is 1.60. The van der Waals surface area contributed by atoms with Gasteiger partial charge in [0.05, 0.1) is 5.69 Å². The smallest absolute Gasteiger partial charge is 0.126 e. The van der Waals surface area contributed by atoms with E-state index < -0.39 is 0 Å². The number of nitrogens with two attached hydrogens (primary N) is 1. The number of aromatic nitrogens is 2. The van der Waals surface area contributed by atoms with Crippen LogP contribution in [0, 0.1) is 0 Å². The molecule has 1 aromatic rings. The fourth-order valence-corrected chi connectivity index (χ4v) is 1.55. The van der Waals surface area contributed by atoms with Crippen molar-refractivity contribution in [2.75, 3.05) is 5.73 Å². The average Bonchev–Trinajstić information content (AvgIpc) is 2.84. The summed E-state index contributed by atoms with van der Waals surface area (Å²) in [4.78, 5) is 4.53. The summed E-state index contributed by atoms with van der Waals surface area (Å²) in [5, 5.41) is 0. The van der Waals surface area contributed by atoms with E-state index >= 15 is 0 Å². The second-order valence-corrected chi connectivity index (χ2v) is 3.49. The lowest BCUT2D eigenvalue weighted by molar-refractivity contribution is 0.806. The van der Waals surface area contributed by atoms with Crippen LogP contribution >= 0.6 is 0 Å². The van der Waals surface area contributed by atoms with Crippen LogP contribution < -0.4 is 5.73 Å². The van der Waals surface area contributed by atoms with E-state index in [0.717, 1.165) is 17.9 Å². The normalized spacial score (nSPS) is 16.8. The van der Waals surface area contributed by atoms with Crippen LogP contribution in [-0.4, -0.2) is 9.55 Å². The Labute approximate surface area is 72.6 Å². The minimum atomic E-state index is 0.692. The second-order valence-electron chi connectivity index (χ2n) is 3.49. The monoisotopic (exact) mass is 165 g/mol. The molecule has 12 heavy (non-hydrogen) atoms. The number of hydrogen-bond acceptors (Lipinski definition) is 2. The van der Waals surface area contributed by atoms with Crippen molar-refractivity contribution in [3.8, 4) is 0 Å². The highest BCUT2D eigenvalue weighted by atomic mass is 15.1. The van der Waals surface area contributed by atoms with Gasteiger partial charge in [-0.1, -0.05) is 6.92 Å². The Bertz CT molecular complexity index is 297. The van der Waals surface area contributed by atoms with Crippen molar-refractivity contribution in [1.82, 2.24) is 9.55 Å². The Morgan fingerprint density at radius 2 is 2.25 bits per heavy atom. The Morgan fingerprint density at radius 1 is 1.58 bits per heavy atom. The summed E-state index contributed by atoms with van der Waals surface area (Å²) < 4.78 is 2.04. The highest BCUT2D eigenvalue weighted by molar-refractivity contribution is 5.39. The van der Waals surface area contributed by atoms with Gasteiger partial charge in [0.25, 0.3) is 0 Å². The predicted molar refractivity (Wildman–Crippen MR) is 49.0 cm³/mol. The first kappa shape index (κ1) is 7.65. The molecule has 1 saturated carbocycles. The average molecular weight is 165 g/mol.